The molecule has 0 aromatic rings. The first-order chi connectivity index (χ1) is 15.3. The molecule has 2 aliphatic heterocycles. The van der Waals surface area contributed by atoms with E-state index in [0.29, 0.717) is 17.9 Å². The molecule has 2 nitrogen and oxygen atoms in total. The molecule has 0 spiro atoms. The van der Waals surface area contributed by atoms with Crippen LogP contribution in [-0.4, -0.2) is 54.3 Å². The molecule has 1 aliphatic carbocycles. The topological polar surface area (TPSA) is 6.48 Å². The minimum atomic E-state index is 0.395. The molecular formula is C29H46N2S. The van der Waals surface area contributed by atoms with Gasteiger partial charge in [-0.15, -0.1) is 11.8 Å². The van der Waals surface area contributed by atoms with E-state index in [2.05, 4.69) is 87.9 Å². The fraction of sp³-hybridized carbons (Fsp3) is 0.655. The molecule has 0 radical (unpaired) electrons. The molecule has 3 atom stereocenters. The maximum atomic E-state index is 4.09. The zero-order valence-electron chi connectivity index (χ0n) is 21.5. The van der Waals surface area contributed by atoms with Gasteiger partial charge in [0.2, 0.25) is 0 Å². The molecule has 0 aromatic heterocycles. The maximum Gasteiger partial charge on any atom is 0.0624 e. The predicted molar refractivity (Wildman–Crippen MR) is 144 cm³/mol. The van der Waals surface area contributed by atoms with Gasteiger partial charge in [-0.3, -0.25) is 4.90 Å². The van der Waals surface area contributed by atoms with E-state index in [1.165, 1.54) is 55.1 Å². The highest BCUT2D eigenvalue weighted by Crippen LogP contribution is 2.42. The van der Waals surface area contributed by atoms with Gasteiger partial charge in [-0.05, 0) is 86.2 Å². The normalized spacial score (nSPS) is 28.3. The monoisotopic (exact) mass is 454 g/mol. The first kappa shape index (κ1) is 25.6. The summed E-state index contributed by atoms with van der Waals surface area (Å²) in [6, 6.07) is 0.395. The molecule has 0 N–H and O–H groups in total. The van der Waals surface area contributed by atoms with Gasteiger partial charge in [-0.1, -0.05) is 58.6 Å². The number of likely N-dealkylation sites (tertiary alicyclic amines) is 1. The zero-order valence-corrected chi connectivity index (χ0v) is 22.3. The van der Waals surface area contributed by atoms with E-state index in [-0.39, 0.29) is 0 Å². The molecule has 2 heterocycles. The lowest BCUT2D eigenvalue weighted by molar-refractivity contribution is 0.212. The minimum Gasteiger partial charge on any atom is -0.303 e. The standard InChI is InChI=1S/C29H46N2S/c1-8-11-27(32-20-25-14-16-30(9-2)19-25)29-24(7)26(15-17-31(29)18-21(3)4)28-22(5)12-10-13-23(28)6/h8,10-12,21,23,25,29H,1,9,13-20H2,2-7H3/b27-11-. The highest BCUT2D eigenvalue weighted by Gasteiger charge is 2.33. The second-order valence-electron chi connectivity index (χ2n) is 10.5. The Kier molecular flexibility index (Phi) is 9.52. The molecular weight excluding hydrogens is 408 g/mol. The average Bonchev–Trinajstić information content (AvgIpc) is 3.21. The van der Waals surface area contributed by atoms with Crippen LogP contribution in [0.3, 0.4) is 0 Å². The van der Waals surface area contributed by atoms with Crippen LogP contribution in [0.5, 0.6) is 0 Å². The van der Waals surface area contributed by atoms with E-state index in [4.69, 9.17) is 0 Å². The zero-order chi connectivity index (χ0) is 23.3. The van der Waals surface area contributed by atoms with Gasteiger partial charge in [0.05, 0.1) is 6.04 Å². The van der Waals surface area contributed by atoms with Crippen LogP contribution in [0.15, 0.2) is 58.1 Å². The summed E-state index contributed by atoms with van der Waals surface area (Å²) in [5.74, 6) is 3.34. The fourth-order valence-electron chi connectivity index (χ4n) is 5.89. The molecule has 3 unspecified atom stereocenters. The Morgan fingerprint density at radius 3 is 2.69 bits per heavy atom. The Morgan fingerprint density at radius 1 is 1.28 bits per heavy atom. The summed E-state index contributed by atoms with van der Waals surface area (Å²) in [4.78, 5) is 6.85. The lowest BCUT2D eigenvalue weighted by Crippen LogP contribution is -2.44. The molecule has 178 valence electrons. The van der Waals surface area contributed by atoms with Gasteiger partial charge in [0.25, 0.3) is 0 Å². The maximum absolute atomic E-state index is 4.09. The third-order valence-corrected chi connectivity index (χ3v) is 8.79. The van der Waals surface area contributed by atoms with Crippen LogP contribution in [0.2, 0.25) is 0 Å². The van der Waals surface area contributed by atoms with E-state index in [1.807, 2.05) is 6.08 Å². The molecule has 3 aliphatic rings. The molecule has 32 heavy (non-hydrogen) atoms. The SMILES string of the molecule is C=C/C=C(\SCC1CCN(CC)C1)C1C(C)=C(C2=C(C)C=CCC2C)CCN1CC(C)C. The Bertz CT molecular complexity index is 785. The smallest absolute Gasteiger partial charge is 0.0624 e. The van der Waals surface area contributed by atoms with Crippen LogP contribution in [0, 0.1) is 17.8 Å². The third kappa shape index (κ3) is 6.10. The van der Waals surface area contributed by atoms with Crippen molar-refractivity contribution in [2.75, 3.05) is 38.5 Å². The van der Waals surface area contributed by atoms with Crippen molar-refractivity contribution in [2.24, 2.45) is 17.8 Å². The fourth-order valence-corrected chi connectivity index (χ4v) is 7.27. The highest BCUT2D eigenvalue weighted by atomic mass is 32.2. The van der Waals surface area contributed by atoms with Gasteiger partial charge >= 0.3 is 0 Å². The summed E-state index contributed by atoms with van der Waals surface area (Å²) in [6.45, 7) is 24.3. The van der Waals surface area contributed by atoms with Gasteiger partial charge in [0.15, 0.2) is 0 Å². The number of allylic oxidation sites excluding steroid dienone is 6. The number of thioether (sulfide) groups is 1. The Labute approximate surface area is 202 Å². The average molecular weight is 455 g/mol. The Hall–Kier alpha value is -1.03. The van der Waals surface area contributed by atoms with E-state index in [0.717, 1.165) is 19.0 Å². The van der Waals surface area contributed by atoms with Crippen molar-refractivity contribution >= 4 is 11.8 Å². The predicted octanol–water partition coefficient (Wildman–Crippen LogP) is 7.09. The number of nitrogens with zero attached hydrogens (tertiary/aromatic N) is 2. The Balaban J connectivity index is 1.91. The van der Waals surface area contributed by atoms with Gasteiger partial charge in [0, 0.05) is 30.3 Å². The molecule has 3 rings (SSSR count). The molecule has 1 saturated heterocycles. The van der Waals surface area contributed by atoms with E-state index in [1.54, 1.807) is 16.7 Å². The minimum absolute atomic E-state index is 0.395. The second-order valence-corrected chi connectivity index (χ2v) is 11.6. The van der Waals surface area contributed by atoms with Crippen molar-refractivity contribution in [2.45, 2.75) is 66.8 Å². The van der Waals surface area contributed by atoms with E-state index < -0.39 is 0 Å². The first-order valence-corrected chi connectivity index (χ1v) is 13.8. The number of hydrogen-bond acceptors (Lipinski definition) is 3. The van der Waals surface area contributed by atoms with Crippen LogP contribution in [0.25, 0.3) is 0 Å². The van der Waals surface area contributed by atoms with E-state index >= 15 is 0 Å². The lowest BCUT2D eigenvalue weighted by Gasteiger charge is -2.42. The van der Waals surface area contributed by atoms with Gasteiger partial charge in [-0.25, -0.2) is 0 Å². The summed E-state index contributed by atoms with van der Waals surface area (Å²) in [5, 5.41) is 0. The molecule has 0 amide bonds. The summed E-state index contributed by atoms with van der Waals surface area (Å²) in [6.07, 6.45) is 12.7. The molecule has 3 heteroatoms. The number of hydrogen-bond donors (Lipinski definition) is 0. The van der Waals surface area contributed by atoms with Crippen LogP contribution < -0.4 is 0 Å². The quantitative estimate of drug-likeness (QED) is 0.343. The van der Waals surface area contributed by atoms with Crippen molar-refractivity contribution in [3.63, 3.8) is 0 Å². The van der Waals surface area contributed by atoms with Crippen LogP contribution >= 0.6 is 11.8 Å². The molecule has 0 saturated carbocycles. The summed E-state index contributed by atoms with van der Waals surface area (Å²) in [7, 11) is 0. The van der Waals surface area contributed by atoms with E-state index in [9.17, 15) is 0 Å². The van der Waals surface area contributed by atoms with Crippen LogP contribution in [-0.2, 0) is 0 Å². The molecule has 0 bridgehead atoms. The highest BCUT2D eigenvalue weighted by molar-refractivity contribution is 8.03. The largest absolute Gasteiger partial charge is 0.303 e. The van der Waals surface area contributed by atoms with Crippen molar-refractivity contribution in [1.82, 2.24) is 9.80 Å². The van der Waals surface area contributed by atoms with Crippen molar-refractivity contribution in [3.8, 4) is 0 Å². The number of rotatable bonds is 9. The molecule has 0 aromatic carbocycles. The van der Waals surface area contributed by atoms with Crippen molar-refractivity contribution < 1.29 is 0 Å². The summed E-state index contributed by atoms with van der Waals surface area (Å²) < 4.78 is 0. The van der Waals surface area contributed by atoms with Crippen LogP contribution in [0.1, 0.15) is 60.8 Å². The lowest BCUT2D eigenvalue weighted by atomic mass is 9.78. The van der Waals surface area contributed by atoms with Crippen molar-refractivity contribution in [3.05, 3.63) is 58.1 Å². The first-order valence-electron chi connectivity index (χ1n) is 12.8. The van der Waals surface area contributed by atoms with Crippen molar-refractivity contribution in [1.29, 1.82) is 0 Å². The third-order valence-electron chi connectivity index (χ3n) is 7.45. The molecule has 1 fully saturated rings. The summed E-state index contributed by atoms with van der Waals surface area (Å²) in [5.41, 5.74) is 6.31. The summed E-state index contributed by atoms with van der Waals surface area (Å²) >= 11 is 2.10. The second kappa shape index (κ2) is 11.9. The Morgan fingerprint density at radius 2 is 2.06 bits per heavy atom. The van der Waals surface area contributed by atoms with Gasteiger partial charge < -0.3 is 4.90 Å². The van der Waals surface area contributed by atoms with Gasteiger partial charge in [-0.2, -0.15) is 0 Å². The van der Waals surface area contributed by atoms with Crippen LogP contribution in [0.4, 0.5) is 0 Å². The van der Waals surface area contributed by atoms with Gasteiger partial charge in [0.1, 0.15) is 0 Å².